The van der Waals surface area contributed by atoms with Crippen LogP contribution >= 0.6 is 0 Å². The predicted octanol–water partition coefficient (Wildman–Crippen LogP) is 5.27. The van der Waals surface area contributed by atoms with Crippen LogP contribution < -0.4 is 0 Å². The maximum Gasteiger partial charge on any atom is 0.461 e. The molecule has 148 valence electrons. The molecule has 26 heavy (non-hydrogen) atoms. The predicted molar refractivity (Wildman–Crippen MR) is 107 cm³/mol. The highest BCUT2D eigenvalue weighted by molar-refractivity contribution is 6.48. The molecule has 2 heterocycles. The van der Waals surface area contributed by atoms with Crippen molar-refractivity contribution in [2.24, 2.45) is 0 Å². The van der Waals surface area contributed by atoms with Gasteiger partial charge in [-0.25, -0.2) is 0 Å². The van der Waals surface area contributed by atoms with Crippen LogP contribution in [0.25, 0.3) is 0 Å². The maximum atomic E-state index is 6.31. The topological polar surface area (TPSA) is 36.9 Å². The summed E-state index contributed by atoms with van der Waals surface area (Å²) in [6.07, 6.45) is 7.01. The van der Waals surface area contributed by atoms with Crippen molar-refractivity contribution in [2.45, 2.75) is 128 Å². The van der Waals surface area contributed by atoms with E-state index in [-0.39, 0.29) is 36.6 Å². The summed E-state index contributed by atoms with van der Waals surface area (Å²) in [4.78, 5) is 0. The van der Waals surface area contributed by atoms with Crippen LogP contribution in [0.2, 0.25) is 11.6 Å². The first kappa shape index (κ1) is 20.7. The van der Waals surface area contributed by atoms with Crippen LogP contribution in [0.5, 0.6) is 0 Å². The molecule has 3 rings (SSSR count). The van der Waals surface area contributed by atoms with Gasteiger partial charge in [0.1, 0.15) is 0 Å². The van der Waals surface area contributed by atoms with Gasteiger partial charge in [-0.2, -0.15) is 0 Å². The molecule has 0 aromatic rings. The number of rotatable bonds is 2. The van der Waals surface area contributed by atoms with E-state index in [2.05, 4.69) is 55.4 Å². The smallest absolute Gasteiger partial charge is 0.403 e. The van der Waals surface area contributed by atoms with Crippen LogP contribution in [0, 0.1) is 0 Å². The van der Waals surface area contributed by atoms with E-state index in [1.807, 2.05) is 0 Å². The van der Waals surface area contributed by atoms with Crippen LogP contribution in [0.3, 0.4) is 0 Å². The number of hydrogen-bond donors (Lipinski definition) is 0. The van der Waals surface area contributed by atoms with Crippen LogP contribution in [-0.2, 0) is 18.6 Å². The third-order valence-electron chi connectivity index (χ3n) is 7.61. The highest BCUT2D eigenvalue weighted by Gasteiger charge is 2.55. The fourth-order valence-electron chi connectivity index (χ4n) is 4.28. The number of hydrogen-bond acceptors (Lipinski definition) is 4. The van der Waals surface area contributed by atoms with Crippen molar-refractivity contribution in [3.05, 3.63) is 0 Å². The molecule has 0 unspecified atom stereocenters. The Balaban J connectivity index is 1.56. The summed E-state index contributed by atoms with van der Waals surface area (Å²) in [5.41, 5.74) is -0.924. The zero-order valence-electron chi connectivity index (χ0n) is 18.2. The van der Waals surface area contributed by atoms with Crippen molar-refractivity contribution in [2.75, 3.05) is 0 Å². The average molecular weight is 364 g/mol. The molecule has 2 aliphatic heterocycles. The first-order chi connectivity index (χ1) is 11.8. The second-order valence-corrected chi connectivity index (χ2v) is 10.6. The van der Waals surface area contributed by atoms with Gasteiger partial charge in [0.25, 0.3) is 0 Å². The highest BCUT2D eigenvalue weighted by atomic mass is 16.7. The van der Waals surface area contributed by atoms with Gasteiger partial charge in [0, 0.05) is 0 Å². The monoisotopic (exact) mass is 364 g/mol. The lowest BCUT2D eigenvalue weighted by atomic mass is 9.60. The zero-order valence-corrected chi connectivity index (χ0v) is 18.2. The summed E-state index contributed by atoms with van der Waals surface area (Å²) in [7, 11) is -0.123. The minimum Gasteiger partial charge on any atom is -0.403 e. The van der Waals surface area contributed by atoms with Gasteiger partial charge >= 0.3 is 14.2 Å². The quantitative estimate of drug-likeness (QED) is 0.626. The Hall–Kier alpha value is -0.0301. The van der Waals surface area contributed by atoms with E-state index in [1.54, 1.807) is 0 Å². The molecule has 3 fully saturated rings. The lowest BCUT2D eigenvalue weighted by Crippen LogP contribution is -2.41. The van der Waals surface area contributed by atoms with Crippen molar-refractivity contribution in [1.82, 2.24) is 0 Å². The molecule has 1 saturated carbocycles. The molecular weight excluding hydrogens is 326 g/mol. The Kier molecular flexibility index (Phi) is 5.40. The maximum absolute atomic E-state index is 6.31. The SMILES string of the molecule is CC1(C)OB(C2CCCC(B3OC(C)(C)C(C)(C)O3)CCC2)OC1(C)C. The van der Waals surface area contributed by atoms with E-state index in [1.165, 1.54) is 12.8 Å². The van der Waals surface area contributed by atoms with Crippen LogP contribution in [0.15, 0.2) is 0 Å². The molecule has 0 aromatic carbocycles. The lowest BCUT2D eigenvalue weighted by Gasteiger charge is -2.32. The molecule has 0 atom stereocenters. The first-order valence-electron chi connectivity index (χ1n) is 10.6. The molecule has 0 spiro atoms. The highest BCUT2D eigenvalue weighted by Crippen LogP contribution is 2.46. The van der Waals surface area contributed by atoms with Gasteiger partial charge in [-0.1, -0.05) is 38.5 Å². The van der Waals surface area contributed by atoms with Gasteiger partial charge in [-0.15, -0.1) is 0 Å². The summed E-state index contributed by atoms with van der Waals surface area (Å²) in [6.45, 7) is 17.1. The summed E-state index contributed by atoms with van der Waals surface area (Å²) >= 11 is 0. The Labute approximate surface area is 161 Å². The van der Waals surface area contributed by atoms with E-state index in [0.29, 0.717) is 11.6 Å². The molecule has 0 bridgehead atoms. The molecule has 6 heteroatoms. The van der Waals surface area contributed by atoms with Gasteiger partial charge < -0.3 is 18.6 Å². The van der Waals surface area contributed by atoms with E-state index < -0.39 is 0 Å². The van der Waals surface area contributed by atoms with Crippen LogP contribution in [0.4, 0.5) is 0 Å². The molecule has 4 nitrogen and oxygen atoms in total. The Morgan fingerprint density at radius 1 is 0.500 bits per heavy atom. The zero-order chi connectivity index (χ0) is 19.4. The first-order valence-corrected chi connectivity index (χ1v) is 10.6. The van der Waals surface area contributed by atoms with Crippen molar-refractivity contribution in [3.63, 3.8) is 0 Å². The summed E-state index contributed by atoms with van der Waals surface area (Å²) in [5.74, 6) is 0.991. The van der Waals surface area contributed by atoms with E-state index in [0.717, 1.165) is 25.7 Å². The van der Waals surface area contributed by atoms with Gasteiger partial charge in [-0.05, 0) is 67.0 Å². The summed E-state index contributed by atoms with van der Waals surface area (Å²) in [6, 6.07) is 0. The minimum atomic E-state index is -0.231. The molecule has 1 aliphatic carbocycles. The van der Waals surface area contributed by atoms with Crippen LogP contribution in [-0.4, -0.2) is 36.6 Å². The third-order valence-corrected chi connectivity index (χ3v) is 7.61. The van der Waals surface area contributed by atoms with Gasteiger partial charge in [0.2, 0.25) is 0 Å². The molecular formula is C20H38B2O4. The van der Waals surface area contributed by atoms with Crippen molar-refractivity contribution < 1.29 is 18.6 Å². The van der Waals surface area contributed by atoms with Crippen molar-refractivity contribution >= 4 is 14.2 Å². The molecule has 3 aliphatic rings. The van der Waals surface area contributed by atoms with E-state index in [4.69, 9.17) is 18.6 Å². The van der Waals surface area contributed by atoms with Gasteiger partial charge in [0.15, 0.2) is 0 Å². The Morgan fingerprint density at radius 3 is 0.962 bits per heavy atom. The van der Waals surface area contributed by atoms with Crippen molar-refractivity contribution in [3.8, 4) is 0 Å². The fourth-order valence-corrected chi connectivity index (χ4v) is 4.28. The fraction of sp³-hybridized carbons (Fsp3) is 1.00. The van der Waals surface area contributed by atoms with Gasteiger partial charge in [-0.3, -0.25) is 0 Å². The normalized spacial score (nSPS) is 36.0. The summed E-state index contributed by atoms with van der Waals surface area (Å²) in [5, 5.41) is 0. The van der Waals surface area contributed by atoms with Gasteiger partial charge in [0.05, 0.1) is 22.4 Å². The minimum absolute atomic E-state index is 0.0617. The molecule has 0 N–H and O–H groups in total. The Bertz CT molecular complexity index is 432. The van der Waals surface area contributed by atoms with Crippen molar-refractivity contribution in [1.29, 1.82) is 0 Å². The Morgan fingerprint density at radius 2 is 0.731 bits per heavy atom. The van der Waals surface area contributed by atoms with Crippen LogP contribution in [0.1, 0.15) is 93.9 Å². The van der Waals surface area contributed by atoms with E-state index in [9.17, 15) is 0 Å². The molecule has 0 radical (unpaired) electrons. The molecule has 0 aromatic heterocycles. The molecule has 2 saturated heterocycles. The van der Waals surface area contributed by atoms with E-state index >= 15 is 0 Å². The second kappa shape index (κ2) is 6.79. The standard InChI is InChI=1S/C20H38B2O4/c1-17(2)18(3,4)24-21(23-17)15-11-9-13-16(14-10-12-15)22-25-19(5,6)20(7,8)26-22/h15-16H,9-14H2,1-8H3. The summed E-state index contributed by atoms with van der Waals surface area (Å²) < 4.78 is 25.2. The lowest BCUT2D eigenvalue weighted by molar-refractivity contribution is 0.00578. The second-order valence-electron chi connectivity index (χ2n) is 10.6. The average Bonchev–Trinajstić information content (AvgIpc) is 2.78. The third kappa shape index (κ3) is 3.76. The molecule has 0 amide bonds. The largest absolute Gasteiger partial charge is 0.461 e.